The SMILES string of the molecule is CCC(C)NS(=O)(=O)c1ccc(C(=O)NCC(c2ccccc2)N(C)C)cc1. The van der Waals surface area contributed by atoms with Gasteiger partial charge in [0.1, 0.15) is 0 Å². The zero-order valence-electron chi connectivity index (χ0n) is 16.8. The van der Waals surface area contributed by atoms with Gasteiger partial charge in [-0.25, -0.2) is 13.1 Å². The van der Waals surface area contributed by atoms with Gasteiger partial charge in [0.2, 0.25) is 10.0 Å². The molecule has 0 aliphatic heterocycles. The lowest BCUT2D eigenvalue weighted by molar-refractivity contribution is 0.0942. The number of rotatable bonds is 9. The Kier molecular flexibility index (Phi) is 7.74. The van der Waals surface area contributed by atoms with Crippen molar-refractivity contribution in [3.8, 4) is 0 Å². The van der Waals surface area contributed by atoms with E-state index in [0.717, 1.165) is 5.56 Å². The summed E-state index contributed by atoms with van der Waals surface area (Å²) in [6.07, 6.45) is 0.703. The Morgan fingerprint density at radius 1 is 1.04 bits per heavy atom. The Labute approximate surface area is 168 Å². The standard InChI is InChI=1S/C21H29N3O3S/c1-5-16(2)23-28(26,27)19-13-11-18(12-14-19)21(25)22-15-20(24(3)4)17-9-7-6-8-10-17/h6-14,16,20,23H,5,15H2,1-4H3,(H,22,25). The normalized spacial score (nSPS) is 13.9. The first-order chi connectivity index (χ1) is 13.2. The Morgan fingerprint density at radius 2 is 1.64 bits per heavy atom. The van der Waals surface area contributed by atoms with Crippen LogP contribution in [0.15, 0.2) is 59.5 Å². The van der Waals surface area contributed by atoms with Crippen LogP contribution in [0.25, 0.3) is 0 Å². The van der Waals surface area contributed by atoms with Crippen LogP contribution < -0.4 is 10.0 Å². The Balaban J connectivity index is 2.05. The molecule has 7 heteroatoms. The monoisotopic (exact) mass is 403 g/mol. The summed E-state index contributed by atoms with van der Waals surface area (Å²) in [5, 5.41) is 2.93. The van der Waals surface area contributed by atoms with Gasteiger partial charge in [-0.3, -0.25) is 4.79 Å². The van der Waals surface area contributed by atoms with Gasteiger partial charge in [0.25, 0.3) is 5.91 Å². The van der Waals surface area contributed by atoms with E-state index < -0.39 is 10.0 Å². The number of hydrogen-bond acceptors (Lipinski definition) is 4. The van der Waals surface area contributed by atoms with Crippen molar-refractivity contribution in [2.75, 3.05) is 20.6 Å². The van der Waals surface area contributed by atoms with Gasteiger partial charge in [-0.15, -0.1) is 0 Å². The first-order valence-electron chi connectivity index (χ1n) is 9.36. The number of carbonyl (C=O) groups is 1. The summed E-state index contributed by atoms with van der Waals surface area (Å²) >= 11 is 0. The minimum Gasteiger partial charge on any atom is -0.350 e. The van der Waals surface area contributed by atoms with Crippen LogP contribution in [0, 0.1) is 0 Å². The van der Waals surface area contributed by atoms with Crippen LogP contribution in [-0.2, 0) is 10.0 Å². The van der Waals surface area contributed by atoms with Crippen LogP contribution in [0.2, 0.25) is 0 Å². The lowest BCUT2D eigenvalue weighted by atomic mass is 10.1. The molecule has 2 aromatic rings. The highest BCUT2D eigenvalue weighted by molar-refractivity contribution is 7.89. The van der Waals surface area contributed by atoms with E-state index in [1.807, 2.05) is 63.2 Å². The molecular weight excluding hydrogens is 374 g/mol. The third-order valence-corrected chi connectivity index (χ3v) is 6.26. The van der Waals surface area contributed by atoms with Gasteiger partial charge in [-0.05, 0) is 57.3 Å². The van der Waals surface area contributed by atoms with Crippen LogP contribution in [0.1, 0.15) is 42.2 Å². The largest absolute Gasteiger partial charge is 0.350 e. The molecule has 2 unspecified atom stereocenters. The van der Waals surface area contributed by atoms with Crippen molar-refractivity contribution in [2.45, 2.75) is 37.2 Å². The second-order valence-electron chi connectivity index (χ2n) is 7.06. The third-order valence-electron chi connectivity index (χ3n) is 4.66. The summed E-state index contributed by atoms with van der Waals surface area (Å²) in [6.45, 7) is 4.18. The molecule has 2 rings (SSSR count). The van der Waals surface area contributed by atoms with E-state index in [0.29, 0.717) is 18.5 Å². The van der Waals surface area contributed by atoms with Crippen molar-refractivity contribution in [1.29, 1.82) is 0 Å². The lowest BCUT2D eigenvalue weighted by Crippen LogP contribution is -2.34. The smallest absolute Gasteiger partial charge is 0.251 e. The molecule has 0 fully saturated rings. The van der Waals surface area contributed by atoms with Crippen LogP contribution in [0.5, 0.6) is 0 Å². The zero-order chi connectivity index (χ0) is 20.7. The number of sulfonamides is 1. The summed E-state index contributed by atoms with van der Waals surface area (Å²) in [5.41, 5.74) is 1.54. The van der Waals surface area contributed by atoms with Gasteiger partial charge in [-0.2, -0.15) is 0 Å². The first kappa shape index (κ1) is 22.1. The number of nitrogens with zero attached hydrogens (tertiary/aromatic N) is 1. The maximum Gasteiger partial charge on any atom is 0.251 e. The van der Waals surface area contributed by atoms with E-state index >= 15 is 0 Å². The number of nitrogens with one attached hydrogen (secondary N) is 2. The van der Waals surface area contributed by atoms with Crippen molar-refractivity contribution in [3.05, 3.63) is 65.7 Å². The summed E-state index contributed by atoms with van der Waals surface area (Å²) < 4.78 is 27.2. The molecule has 1 amide bonds. The van der Waals surface area contributed by atoms with E-state index in [1.165, 1.54) is 24.3 Å². The van der Waals surface area contributed by atoms with E-state index in [2.05, 4.69) is 10.0 Å². The average Bonchev–Trinajstić information content (AvgIpc) is 2.68. The highest BCUT2D eigenvalue weighted by atomic mass is 32.2. The molecule has 0 aliphatic carbocycles. The minimum atomic E-state index is -3.58. The maximum atomic E-state index is 12.5. The minimum absolute atomic E-state index is 0.0459. The van der Waals surface area contributed by atoms with E-state index in [4.69, 9.17) is 0 Å². The molecule has 2 atom stereocenters. The van der Waals surface area contributed by atoms with Crippen LogP contribution in [0.4, 0.5) is 0 Å². The van der Waals surface area contributed by atoms with E-state index in [-0.39, 0.29) is 22.9 Å². The molecule has 2 N–H and O–H groups in total. The molecule has 28 heavy (non-hydrogen) atoms. The molecule has 0 aromatic heterocycles. The van der Waals surface area contributed by atoms with E-state index in [9.17, 15) is 13.2 Å². The fraction of sp³-hybridized carbons (Fsp3) is 0.381. The van der Waals surface area contributed by atoms with E-state index in [1.54, 1.807) is 0 Å². The van der Waals surface area contributed by atoms with Gasteiger partial charge in [0, 0.05) is 18.2 Å². The second-order valence-corrected chi connectivity index (χ2v) is 8.77. The van der Waals surface area contributed by atoms with Gasteiger partial charge in [0.05, 0.1) is 10.9 Å². The Hall–Kier alpha value is -2.22. The highest BCUT2D eigenvalue weighted by Gasteiger charge is 2.18. The fourth-order valence-electron chi connectivity index (χ4n) is 2.77. The van der Waals surface area contributed by atoms with Gasteiger partial charge in [-0.1, -0.05) is 37.3 Å². The first-order valence-corrected chi connectivity index (χ1v) is 10.8. The third kappa shape index (κ3) is 5.89. The molecule has 152 valence electrons. The predicted molar refractivity (Wildman–Crippen MR) is 112 cm³/mol. The Bertz CT molecular complexity index is 866. The summed E-state index contributed by atoms with van der Waals surface area (Å²) in [5.74, 6) is -0.235. The maximum absolute atomic E-state index is 12.5. The summed E-state index contributed by atoms with van der Waals surface area (Å²) in [6, 6.07) is 15.9. The van der Waals surface area contributed by atoms with Gasteiger partial charge >= 0.3 is 0 Å². The van der Waals surface area contributed by atoms with Crippen LogP contribution in [0.3, 0.4) is 0 Å². The van der Waals surface area contributed by atoms with Crippen molar-refractivity contribution in [2.24, 2.45) is 0 Å². The lowest BCUT2D eigenvalue weighted by Gasteiger charge is -2.25. The molecule has 0 radical (unpaired) electrons. The molecule has 0 spiro atoms. The van der Waals surface area contributed by atoms with Gasteiger partial charge < -0.3 is 10.2 Å². The van der Waals surface area contributed by atoms with Crippen molar-refractivity contribution in [3.63, 3.8) is 0 Å². The molecule has 0 heterocycles. The molecule has 0 saturated heterocycles. The molecule has 2 aromatic carbocycles. The predicted octanol–water partition coefficient (Wildman–Crippen LogP) is 2.80. The molecule has 0 aliphatic rings. The highest BCUT2D eigenvalue weighted by Crippen LogP contribution is 2.17. The summed E-state index contributed by atoms with van der Waals surface area (Å²) in [7, 11) is 0.357. The average molecular weight is 404 g/mol. The topological polar surface area (TPSA) is 78.5 Å². The second kappa shape index (κ2) is 9.82. The number of likely N-dealkylation sites (N-methyl/N-ethyl adjacent to an activating group) is 1. The van der Waals surface area contributed by atoms with Crippen molar-refractivity contribution in [1.82, 2.24) is 14.9 Å². The number of hydrogen-bond donors (Lipinski definition) is 2. The molecule has 0 saturated carbocycles. The zero-order valence-corrected chi connectivity index (χ0v) is 17.7. The molecular formula is C21H29N3O3S. The van der Waals surface area contributed by atoms with Gasteiger partial charge in [0.15, 0.2) is 0 Å². The molecule has 0 bridgehead atoms. The Morgan fingerprint density at radius 3 is 2.18 bits per heavy atom. The number of amides is 1. The number of carbonyl (C=O) groups excluding carboxylic acids is 1. The summed E-state index contributed by atoms with van der Waals surface area (Å²) in [4.78, 5) is 14.7. The fourth-order valence-corrected chi connectivity index (χ4v) is 4.09. The molecule has 6 nitrogen and oxygen atoms in total. The number of benzene rings is 2. The van der Waals surface area contributed by atoms with Crippen LogP contribution in [-0.4, -0.2) is 45.9 Å². The van der Waals surface area contributed by atoms with Crippen molar-refractivity contribution < 1.29 is 13.2 Å². The van der Waals surface area contributed by atoms with Crippen LogP contribution >= 0.6 is 0 Å². The quantitative estimate of drug-likeness (QED) is 0.675. The van der Waals surface area contributed by atoms with Crippen molar-refractivity contribution >= 4 is 15.9 Å².